The fourth-order valence-corrected chi connectivity index (χ4v) is 3.30. The minimum atomic E-state index is -0.590. The molecule has 3 aromatic rings. The Kier molecular flexibility index (Phi) is 5.81. The largest absolute Gasteiger partial charge is 0.465 e. The Bertz CT molecular complexity index is 1170. The van der Waals surface area contributed by atoms with E-state index in [4.69, 9.17) is 10.5 Å². The average molecular weight is 409 g/mol. The number of aryl methyl sites for hydroxylation is 3. The van der Waals surface area contributed by atoms with E-state index in [2.05, 4.69) is 15.4 Å². The monoisotopic (exact) mass is 409 g/mol. The van der Waals surface area contributed by atoms with Gasteiger partial charge in [-0.2, -0.15) is 5.10 Å². The smallest absolute Gasteiger partial charge is 0.337 e. The van der Waals surface area contributed by atoms with Crippen molar-refractivity contribution in [2.45, 2.75) is 33.6 Å². The Morgan fingerprint density at radius 1 is 1.20 bits per heavy atom. The Morgan fingerprint density at radius 3 is 2.60 bits per heavy atom. The molecular formula is C21H23N5O4. The molecule has 0 radical (unpaired) electrons. The zero-order chi connectivity index (χ0) is 22.0. The number of anilines is 1. The number of amides is 2. The number of aromatic nitrogens is 3. The molecule has 3 N–H and O–H groups in total. The number of carbonyl (C=O) groups excluding carboxylic acids is 3. The number of nitrogens with two attached hydrogens (primary N) is 1. The van der Waals surface area contributed by atoms with Crippen LogP contribution in [0.2, 0.25) is 0 Å². The van der Waals surface area contributed by atoms with Crippen molar-refractivity contribution in [3.8, 4) is 0 Å². The van der Waals surface area contributed by atoms with Gasteiger partial charge in [-0.25, -0.2) is 14.3 Å². The van der Waals surface area contributed by atoms with E-state index >= 15 is 0 Å². The summed E-state index contributed by atoms with van der Waals surface area (Å²) in [7, 11) is 1.31. The number of primary amides is 1. The quantitative estimate of drug-likeness (QED) is 0.600. The third-order valence-corrected chi connectivity index (χ3v) is 5.01. The van der Waals surface area contributed by atoms with E-state index in [1.807, 2.05) is 20.8 Å². The predicted octanol–water partition coefficient (Wildman–Crippen LogP) is 2.11. The molecule has 1 aromatic carbocycles. The van der Waals surface area contributed by atoms with Gasteiger partial charge in [0.25, 0.3) is 5.91 Å². The van der Waals surface area contributed by atoms with Gasteiger partial charge in [-0.15, -0.1) is 0 Å². The topological polar surface area (TPSA) is 129 Å². The zero-order valence-electron chi connectivity index (χ0n) is 17.3. The molecule has 30 heavy (non-hydrogen) atoms. The van der Waals surface area contributed by atoms with Gasteiger partial charge in [0, 0.05) is 23.5 Å². The van der Waals surface area contributed by atoms with Gasteiger partial charge in [-0.1, -0.05) is 6.07 Å². The number of fused-ring (bicyclic) bond motifs is 1. The van der Waals surface area contributed by atoms with E-state index in [0.717, 1.165) is 16.8 Å². The van der Waals surface area contributed by atoms with Gasteiger partial charge in [-0.05, 0) is 50.5 Å². The summed E-state index contributed by atoms with van der Waals surface area (Å²) < 4.78 is 6.28. The lowest BCUT2D eigenvalue weighted by molar-refractivity contribution is -0.116. The van der Waals surface area contributed by atoms with Gasteiger partial charge in [0.15, 0.2) is 5.65 Å². The fraction of sp³-hybridized carbons (Fsp3) is 0.286. The fourth-order valence-electron chi connectivity index (χ4n) is 3.30. The van der Waals surface area contributed by atoms with Crippen LogP contribution >= 0.6 is 0 Å². The van der Waals surface area contributed by atoms with Crippen molar-refractivity contribution in [1.29, 1.82) is 0 Å². The lowest BCUT2D eigenvalue weighted by atomic mass is 10.1. The number of esters is 1. The summed E-state index contributed by atoms with van der Waals surface area (Å²) >= 11 is 0. The van der Waals surface area contributed by atoms with Crippen molar-refractivity contribution in [3.05, 3.63) is 58.0 Å². The molecule has 3 rings (SSSR count). The summed E-state index contributed by atoms with van der Waals surface area (Å²) in [4.78, 5) is 40.2. The van der Waals surface area contributed by atoms with Gasteiger partial charge in [-0.3, -0.25) is 9.59 Å². The Balaban J connectivity index is 1.78. The van der Waals surface area contributed by atoms with Crippen LogP contribution in [0.25, 0.3) is 5.65 Å². The van der Waals surface area contributed by atoms with Gasteiger partial charge in [0.1, 0.15) is 5.56 Å². The molecule has 0 aliphatic carbocycles. The van der Waals surface area contributed by atoms with E-state index < -0.39 is 11.9 Å². The van der Waals surface area contributed by atoms with Gasteiger partial charge < -0.3 is 15.8 Å². The highest BCUT2D eigenvalue weighted by atomic mass is 16.5. The zero-order valence-corrected chi connectivity index (χ0v) is 17.3. The highest BCUT2D eigenvalue weighted by molar-refractivity contribution is 5.98. The molecule has 156 valence electrons. The maximum absolute atomic E-state index is 12.5. The molecule has 0 aliphatic rings. The van der Waals surface area contributed by atoms with Crippen LogP contribution in [0.1, 0.15) is 49.7 Å². The minimum Gasteiger partial charge on any atom is -0.465 e. The van der Waals surface area contributed by atoms with E-state index in [1.54, 1.807) is 22.7 Å². The molecule has 0 spiro atoms. The number of hydrogen-bond acceptors (Lipinski definition) is 6. The minimum absolute atomic E-state index is 0.197. The van der Waals surface area contributed by atoms with Crippen LogP contribution in [-0.2, 0) is 16.0 Å². The third-order valence-electron chi connectivity index (χ3n) is 5.01. The Morgan fingerprint density at radius 2 is 1.93 bits per heavy atom. The van der Waals surface area contributed by atoms with Gasteiger partial charge >= 0.3 is 5.97 Å². The van der Waals surface area contributed by atoms with Crippen molar-refractivity contribution in [1.82, 2.24) is 14.6 Å². The summed E-state index contributed by atoms with van der Waals surface area (Å²) in [6.07, 6.45) is 2.04. The van der Waals surface area contributed by atoms with Crippen LogP contribution in [0.5, 0.6) is 0 Å². The van der Waals surface area contributed by atoms with Gasteiger partial charge in [0.05, 0.1) is 18.9 Å². The lowest BCUT2D eigenvalue weighted by Crippen LogP contribution is -2.16. The number of ether oxygens (including phenoxy) is 1. The summed E-state index contributed by atoms with van der Waals surface area (Å²) in [6.45, 7) is 5.52. The maximum atomic E-state index is 12.5. The number of benzene rings is 1. The first kappa shape index (κ1) is 21.0. The van der Waals surface area contributed by atoms with Crippen LogP contribution in [0.3, 0.4) is 0 Å². The average Bonchev–Trinajstić information content (AvgIpc) is 3.13. The lowest BCUT2D eigenvalue weighted by Gasteiger charge is -2.13. The molecule has 2 aromatic heterocycles. The molecule has 0 bridgehead atoms. The second-order valence-corrected chi connectivity index (χ2v) is 6.99. The first-order valence-electron chi connectivity index (χ1n) is 9.35. The number of nitrogens with zero attached hydrogens (tertiary/aromatic N) is 3. The standard InChI is InChI=1S/C21H23N5O4/c1-11-5-6-14(21(29)30-4)9-17(11)25-18(27)8-7-15-12(2)24-20-16(19(22)28)10-23-26(20)13(15)3/h5-6,9-10H,7-8H2,1-4H3,(H2,22,28)(H,25,27). The van der Waals surface area contributed by atoms with Crippen molar-refractivity contribution < 1.29 is 19.1 Å². The van der Waals surface area contributed by atoms with Gasteiger partial charge in [0.2, 0.25) is 5.91 Å². The summed E-state index contributed by atoms with van der Waals surface area (Å²) in [6, 6.07) is 5.00. The predicted molar refractivity (Wildman–Crippen MR) is 110 cm³/mol. The molecule has 0 atom stereocenters. The summed E-state index contributed by atoms with van der Waals surface area (Å²) in [5.41, 5.74) is 10.2. The highest BCUT2D eigenvalue weighted by Crippen LogP contribution is 2.20. The van der Waals surface area contributed by atoms with Crippen molar-refractivity contribution in [2.75, 3.05) is 12.4 Å². The second kappa shape index (κ2) is 8.32. The molecule has 0 saturated heterocycles. The number of methoxy groups -OCH3 is 1. The van der Waals surface area contributed by atoms with Crippen molar-refractivity contribution in [2.24, 2.45) is 5.73 Å². The Hall–Kier alpha value is -3.75. The first-order valence-corrected chi connectivity index (χ1v) is 9.35. The molecule has 2 heterocycles. The van der Waals surface area contributed by atoms with E-state index in [1.165, 1.54) is 13.3 Å². The van der Waals surface area contributed by atoms with E-state index in [9.17, 15) is 14.4 Å². The molecular weight excluding hydrogens is 386 g/mol. The third kappa shape index (κ3) is 4.00. The number of nitrogens with one attached hydrogen (secondary N) is 1. The normalized spacial score (nSPS) is 10.8. The van der Waals surface area contributed by atoms with Crippen LogP contribution in [0.15, 0.2) is 24.4 Å². The summed E-state index contributed by atoms with van der Waals surface area (Å²) in [5, 5.41) is 7.04. The van der Waals surface area contributed by atoms with Crippen LogP contribution in [0.4, 0.5) is 5.69 Å². The van der Waals surface area contributed by atoms with Crippen LogP contribution < -0.4 is 11.1 Å². The molecule has 9 nitrogen and oxygen atoms in total. The SMILES string of the molecule is COC(=O)c1ccc(C)c(NC(=O)CCc2c(C)nc3c(C(N)=O)cnn3c2C)c1. The number of carbonyl (C=O) groups is 3. The van der Waals surface area contributed by atoms with Crippen LogP contribution in [0, 0.1) is 20.8 Å². The molecule has 0 saturated carbocycles. The molecule has 0 unspecified atom stereocenters. The van der Waals surface area contributed by atoms with Crippen molar-refractivity contribution >= 4 is 29.1 Å². The number of hydrogen-bond donors (Lipinski definition) is 2. The number of rotatable bonds is 6. The first-order chi connectivity index (χ1) is 14.2. The second-order valence-electron chi connectivity index (χ2n) is 6.99. The van der Waals surface area contributed by atoms with E-state index in [-0.39, 0.29) is 17.9 Å². The maximum Gasteiger partial charge on any atom is 0.337 e. The Labute approximate surface area is 173 Å². The molecule has 9 heteroatoms. The molecule has 2 amide bonds. The summed E-state index contributed by atoms with van der Waals surface area (Å²) in [5.74, 6) is -1.25. The van der Waals surface area contributed by atoms with Crippen LogP contribution in [-0.4, -0.2) is 39.5 Å². The van der Waals surface area contributed by atoms with Crippen molar-refractivity contribution in [3.63, 3.8) is 0 Å². The highest BCUT2D eigenvalue weighted by Gasteiger charge is 2.17. The van der Waals surface area contributed by atoms with E-state index in [0.29, 0.717) is 29.0 Å². The molecule has 0 fully saturated rings. The molecule has 0 aliphatic heterocycles.